The molecule has 0 fully saturated rings. The van der Waals surface area contributed by atoms with Gasteiger partial charge in [-0.15, -0.1) is 10.2 Å². The molecule has 30 heavy (non-hydrogen) atoms. The quantitative estimate of drug-likeness (QED) is 0.420. The lowest BCUT2D eigenvalue weighted by Gasteiger charge is -2.02. The Hall–Kier alpha value is -3.43. The number of hydrogen-bond donors (Lipinski definition) is 1. The van der Waals surface area contributed by atoms with Crippen LogP contribution >= 0.6 is 22.9 Å². The maximum atomic E-state index is 5.90. The number of fused-ring (bicyclic) bond motifs is 1. The van der Waals surface area contributed by atoms with Crippen molar-refractivity contribution in [2.24, 2.45) is 0 Å². The van der Waals surface area contributed by atoms with Gasteiger partial charge in [-0.25, -0.2) is 0 Å². The number of aromatic amines is 1. The van der Waals surface area contributed by atoms with Gasteiger partial charge in [-0.1, -0.05) is 22.9 Å². The van der Waals surface area contributed by atoms with Crippen molar-refractivity contribution in [2.75, 3.05) is 7.11 Å². The SMILES string of the molecule is COc1ccc(-c2cc(-c3nnc4sc(COc5ccc(Cl)cc5)nn34)[nH]n2)cc1. The molecule has 8 nitrogen and oxygen atoms in total. The summed E-state index contributed by atoms with van der Waals surface area (Å²) in [6.45, 7) is 0.329. The van der Waals surface area contributed by atoms with E-state index in [1.54, 1.807) is 23.8 Å². The van der Waals surface area contributed by atoms with Crippen molar-refractivity contribution in [3.63, 3.8) is 0 Å². The zero-order chi connectivity index (χ0) is 20.5. The van der Waals surface area contributed by atoms with Crippen molar-refractivity contribution in [1.82, 2.24) is 30.0 Å². The smallest absolute Gasteiger partial charge is 0.235 e. The number of hydrogen-bond acceptors (Lipinski definition) is 7. The minimum atomic E-state index is 0.329. The van der Waals surface area contributed by atoms with Gasteiger partial charge in [-0.05, 0) is 54.6 Å². The Labute approximate surface area is 180 Å². The van der Waals surface area contributed by atoms with Gasteiger partial charge in [0.1, 0.15) is 23.8 Å². The van der Waals surface area contributed by atoms with Crippen molar-refractivity contribution < 1.29 is 9.47 Å². The van der Waals surface area contributed by atoms with Gasteiger partial charge < -0.3 is 9.47 Å². The van der Waals surface area contributed by atoms with Gasteiger partial charge in [0.2, 0.25) is 10.8 Å². The van der Waals surface area contributed by atoms with Crippen LogP contribution in [0.3, 0.4) is 0 Å². The van der Waals surface area contributed by atoms with Crippen LogP contribution in [0.25, 0.3) is 27.7 Å². The van der Waals surface area contributed by atoms with Crippen LogP contribution in [-0.2, 0) is 6.61 Å². The van der Waals surface area contributed by atoms with Gasteiger partial charge in [0.15, 0.2) is 5.01 Å². The summed E-state index contributed by atoms with van der Waals surface area (Å²) < 4.78 is 12.7. The molecule has 0 unspecified atom stereocenters. The molecule has 3 aromatic heterocycles. The molecule has 2 aromatic carbocycles. The Bertz CT molecular complexity index is 1290. The number of rotatable bonds is 6. The Kier molecular flexibility index (Phi) is 4.82. The van der Waals surface area contributed by atoms with Crippen LogP contribution in [0.2, 0.25) is 5.02 Å². The minimum absolute atomic E-state index is 0.329. The van der Waals surface area contributed by atoms with Gasteiger partial charge in [0, 0.05) is 10.6 Å². The lowest BCUT2D eigenvalue weighted by atomic mass is 10.1. The van der Waals surface area contributed by atoms with Gasteiger partial charge in [0.05, 0.1) is 12.8 Å². The van der Waals surface area contributed by atoms with Gasteiger partial charge in [0.25, 0.3) is 0 Å². The third kappa shape index (κ3) is 3.60. The molecule has 0 amide bonds. The molecule has 0 saturated heterocycles. The molecule has 0 bridgehead atoms. The van der Waals surface area contributed by atoms with Crippen molar-refractivity contribution in [3.8, 4) is 34.3 Å². The van der Waals surface area contributed by atoms with E-state index in [1.165, 1.54) is 11.3 Å². The van der Waals surface area contributed by atoms with E-state index < -0.39 is 0 Å². The maximum absolute atomic E-state index is 5.90. The van der Waals surface area contributed by atoms with E-state index in [0.29, 0.717) is 22.4 Å². The molecule has 0 saturated carbocycles. The number of benzene rings is 2. The first-order valence-corrected chi connectivity index (χ1v) is 10.2. The van der Waals surface area contributed by atoms with E-state index in [0.717, 1.165) is 33.5 Å². The number of nitrogens with zero attached hydrogens (tertiary/aromatic N) is 5. The molecule has 0 radical (unpaired) electrons. The lowest BCUT2D eigenvalue weighted by molar-refractivity contribution is 0.304. The largest absolute Gasteiger partial charge is 0.497 e. The molecule has 3 heterocycles. The van der Waals surface area contributed by atoms with Gasteiger partial charge >= 0.3 is 0 Å². The Balaban J connectivity index is 1.37. The lowest BCUT2D eigenvalue weighted by Crippen LogP contribution is -1.97. The maximum Gasteiger partial charge on any atom is 0.235 e. The number of halogens is 1. The topological polar surface area (TPSA) is 90.2 Å². The summed E-state index contributed by atoms with van der Waals surface area (Å²) in [6.07, 6.45) is 0. The first-order valence-electron chi connectivity index (χ1n) is 8.99. The van der Waals surface area contributed by atoms with Crippen LogP contribution in [-0.4, -0.2) is 37.1 Å². The Morgan fingerprint density at radius 2 is 1.80 bits per heavy atom. The van der Waals surface area contributed by atoms with Gasteiger partial charge in [-0.2, -0.15) is 14.7 Å². The molecule has 10 heteroatoms. The third-order valence-corrected chi connectivity index (χ3v) is 5.54. The van der Waals surface area contributed by atoms with Crippen LogP contribution in [0, 0.1) is 0 Å². The number of aromatic nitrogens is 6. The zero-order valence-corrected chi connectivity index (χ0v) is 17.3. The monoisotopic (exact) mass is 438 g/mol. The second-order valence-electron chi connectivity index (χ2n) is 6.35. The van der Waals surface area contributed by atoms with Crippen molar-refractivity contribution in [2.45, 2.75) is 6.61 Å². The van der Waals surface area contributed by atoms with Crippen molar-refractivity contribution >= 4 is 27.9 Å². The van der Waals surface area contributed by atoms with Crippen molar-refractivity contribution in [3.05, 3.63) is 64.6 Å². The van der Waals surface area contributed by atoms with E-state index >= 15 is 0 Å². The summed E-state index contributed by atoms with van der Waals surface area (Å²) in [5.41, 5.74) is 2.49. The highest BCUT2D eigenvalue weighted by atomic mass is 35.5. The first-order chi connectivity index (χ1) is 14.7. The summed E-state index contributed by atoms with van der Waals surface area (Å²) in [7, 11) is 1.64. The molecule has 5 aromatic rings. The van der Waals surface area contributed by atoms with E-state index in [-0.39, 0.29) is 0 Å². The molecular formula is C20H15ClN6O2S. The predicted octanol–water partition coefficient (Wildman–Crippen LogP) is 4.48. The summed E-state index contributed by atoms with van der Waals surface area (Å²) in [4.78, 5) is 0.681. The fourth-order valence-corrected chi connectivity index (χ4v) is 3.78. The number of ether oxygens (including phenoxy) is 2. The summed E-state index contributed by atoms with van der Waals surface area (Å²) in [5, 5.41) is 21.9. The second kappa shape index (κ2) is 7.77. The van der Waals surface area contributed by atoms with E-state index in [9.17, 15) is 0 Å². The minimum Gasteiger partial charge on any atom is -0.497 e. The molecule has 0 atom stereocenters. The molecule has 1 N–H and O–H groups in total. The third-order valence-electron chi connectivity index (χ3n) is 4.41. The average molecular weight is 439 g/mol. The highest BCUT2D eigenvalue weighted by Gasteiger charge is 2.16. The number of methoxy groups -OCH3 is 1. The Morgan fingerprint density at radius 1 is 1.03 bits per heavy atom. The summed E-state index contributed by atoms with van der Waals surface area (Å²) in [5.74, 6) is 2.11. The van der Waals surface area contributed by atoms with E-state index in [4.69, 9.17) is 21.1 Å². The molecule has 150 valence electrons. The van der Waals surface area contributed by atoms with Crippen LogP contribution in [0.4, 0.5) is 0 Å². The normalized spacial score (nSPS) is 11.1. The molecular weight excluding hydrogens is 424 g/mol. The van der Waals surface area contributed by atoms with Crippen molar-refractivity contribution in [1.29, 1.82) is 0 Å². The highest BCUT2D eigenvalue weighted by molar-refractivity contribution is 7.16. The number of nitrogens with one attached hydrogen (secondary N) is 1. The zero-order valence-electron chi connectivity index (χ0n) is 15.7. The van der Waals surface area contributed by atoms with Crippen LogP contribution in [0.15, 0.2) is 54.6 Å². The summed E-state index contributed by atoms with van der Waals surface area (Å²) >= 11 is 7.32. The fourth-order valence-electron chi connectivity index (χ4n) is 2.90. The number of H-pyrrole nitrogens is 1. The fraction of sp³-hybridized carbons (Fsp3) is 0.100. The van der Waals surface area contributed by atoms with E-state index in [2.05, 4.69) is 25.5 Å². The second-order valence-corrected chi connectivity index (χ2v) is 7.83. The van der Waals surface area contributed by atoms with E-state index in [1.807, 2.05) is 42.5 Å². The molecule has 0 aliphatic heterocycles. The average Bonchev–Trinajstić information content (AvgIpc) is 3.49. The van der Waals surface area contributed by atoms with Gasteiger partial charge in [-0.3, -0.25) is 5.10 Å². The standard InChI is InChI=1S/C20H15ClN6O2S/c1-28-14-6-2-12(3-7-14)16-10-17(23-22-16)19-24-25-20-27(19)26-18(30-20)11-29-15-8-4-13(21)5-9-15/h2-10H,11H2,1H3,(H,22,23). The molecule has 0 aliphatic carbocycles. The first kappa shape index (κ1) is 18.6. The predicted molar refractivity (Wildman–Crippen MR) is 114 cm³/mol. The highest BCUT2D eigenvalue weighted by Crippen LogP contribution is 2.26. The van der Waals surface area contributed by atoms with Crippen LogP contribution in [0.1, 0.15) is 5.01 Å². The summed E-state index contributed by atoms with van der Waals surface area (Å²) in [6, 6.07) is 16.8. The molecule has 0 aliphatic rings. The molecule has 0 spiro atoms. The Morgan fingerprint density at radius 3 is 2.57 bits per heavy atom. The van der Waals surface area contributed by atoms with Crippen LogP contribution in [0.5, 0.6) is 11.5 Å². The molecule has 5 rings (SSSR count). The van der Waals surface area contributed by atoms with Crippen LogP contribution < -0.4 is 9.47 Å².